The van der Waals surface area contributed by atoms with Gasteiger partial charge < -0.3 is 0 Å². The molecule has 0 saturated heterocycles. The molecule has 0 fully saturated rings. The highest BCUT2D eigenvalue weighted by molar-refractivity contribution is 9.10. The summed E-state index contributed by atoms with van der Waals surface area (Å²) in [5, 5.41) is 9.84. The van der Waals surface area contributed by atoms with Crippen LogP contribution in [-0.4, -0.2) is 20.5 Å². The summed E-state index contributed by atoms with van der Waals surface area (Å²) in [6.07, 6.45) is 0. The van der Waals surface area contributed by atoms with Crippen molar-refractivity contribution >= 4 is 33.0 Å². The summed E-state index contributed by atoms with van der Waals surface area (Å²) < 4.78 is 3.22. The van der Waals surface area contributed by atoms with Crippen LogP contribution in [0, 0.1) is 20.8 Å². The van der Waals surface area contributed by atoms with Gasteiger partial charge in [-0.2, -0.15) is 0 Å². The van der Waals surface area contributed by atoms with E-state index in [0.717, 1.165) is 27.4 Å². The molecule has 0 N–H and O–H groups in total. The van der Waals surface area contributed by atoms with E-state index in [-0.39, 0.29) is 6.04 Å². The SMILES string of the molecule is Cc1sc2c(c1C)C(c1cccc(Br)c1)=N[C@@H](C)c1nnc(C)n1-2. The van der Waals surface area contributed by atoms with E-state index in [9.17, 15) is 0 Å². The smallest absolute Gasteiger partial charge is 0.162 e. The van der Waals surface area contributed by atoms with Gasteiger partial charge in [-0.05, 0) is 45.4 Å². The molecular formula is C18H17BrN4S. The Hall–Kier alpha value is -1.79. The summed E-state index contributed by atoms with van der Waals surface area (Å²) in [4.78, 5) is 6.34. The third-order valence-electron chi connectivity index (χ3n) is 4.45. The minimum atomic E-state index is -0.0421. The monoisotopic (exact) mass is 400 g/mol. The Morgan fingerprint density at radius 1 is 1.17 bits per heavy atom. The van der Waals surface area contributed by atoms with Crippen LogP contribution in [0.25, 0.3) is 5.00 Å². The first-order valence-electron chi connectivity index (χ1n) is 7.83. The quantitative estimate of drug-likeness (QED) is 0.581. The predicted molar refractivity (Wildman–Crippen MR) is 102 cm³/mol. The molecule has 1 aliphatic heterocycles. The Morgan fingerprint density at radius 2 is 1.96 bits per heavy atom. The Morgan fingerprint density at radius 3 is 2.71 bits per heavy atom. The number of nitrogens with zero attached hydrogens (tertiary/aromatic N) is 4. The first-order chi connectivity index (χ1) is 11.5. The van der Waals surface area contributed by atoms with Gasteiger partial charge >= 0.3 is 0 Å². The van der Waals surface area contributed by atoms with Crippen molar-refractivity contribution in [2.45, 2.75) is 33.7 Å². The Kier molecular flexibility index (Phi) is 3.69. The van der Waals surface area contributed by atoms with Crippen LogP contribution >= 0.6 is 27.3 Å². The van der Waals surface area contributed by atoms with Crippen LogP contribution in [0.2, 0.25) is 0 Å². The summed E-state index contributed by atoms with van der Waals surface area (Å²) >= 11 is 5.37. The molecule has 24 heavy (non-hydrogen) atoms. The fourth-order valence-electron chi connectivity index (χ4n) is 3.12. The van der Waals surface area contributed by atoms with Crippen LogP contribution in [0.1, 0.15) is 46.2 Å². The lowest BCUT2D eigenvalue weighted by molar-refractivity contribution is 0.724. The van der Waals surface area contributed by atoms with Gasteiger partial charge in [0.2, 0.25) is 0 Å². The molecule has 1 aromatic carbocycles. The average Bonchev–Trinajstić information content (AvgIpc) is 3.02. The van der Waals surface area contributed by atoms with E-state index < -0.39 is 0 Å². The number of hydrogen-bond donors (Lipinski definition) is 0. The normalized spacial score (nSPS) is 16.4. The molecule has 2 aromatic heterocycles. The second kappa shape index (κ2) is 5.63. The largest absolute Gasteiger partial charge is 0.273 e. The van der Waals surface area contributed by atoms with Crippen molar-refractivity contribution < 1.29 is 0 Å². The molecule has 0 radical (unpaired) electrons. The van der Waals surface area contributed by atoms with Crippen LogP contribution in [0.4, 0.5) is 0 Å². The number of aromatic nitrogens is 3. The van der Waals surface area contributed by atoms with Crippen molar-refractivity contribution in [3.63, 3.8) is 0 Å². The lowest BCUT2D eigenvalue weighted by Gasteiger charge is -2.09. The standard InChI is InChI=1S/C18H17BrN4S/c1-9-11(3)24-18-15(9)16(13-6-5-7-14(19)8-13)20-10(2)17-22-21-12(4)23(17)18/h5-8,10H,1-4H3/t10-/m0/s1. The third kappa shape index (κ3) is 2.28. The highest BCUT2D eigenvalue weighted by atomic mass is 79.9. The van der Waals surface area contributed by atoms with E-state index in [4.69, 9.17) is 4.99 Å². The predicted octanol–water partition coefficient (Wildman–Crippen LogP) is 4.93. The lowest BCUT2D eigenvalue weighted by atomic mass is 10.00. The molecule has 6 heteroatoms. The van der Waals surface area contributed by atoms with Crippen LogP contribution < -0.4 is 0 Å². The van der Waals surface area contributed by atoms with Gasteiger partial charge in [-0.3, -0.25) is 9.56 Å². The highest BCUT2D eigenvalue weighted by Gasteiger charge is 2.29. The number of hydrogen-bond acceptors (Lipinski definition) is 4. The molecule has 1 atom stereocenters. The van der Waals surface area contributed by atoms with Gasteiger partial charge in [0, 0.05) is 20.5 Å². The van der Waals surface area contributed by atoms with E-state index in [0.29, 0.717) is 0 Å². The average molecular weight is 401 g/mol. The van der Waals surface area contributed by atoms with Crippen molar-refractivity contribution in [2.75, 3.05) is 0 Å². The fourth-order valence-corrected chi connectivity index (χ4v) is 4.73. The molecule has 0 aliphatic carbocycles. The van der Waals surface area contributed by atoms with Crippen molar-refractivity contribution in [3.05, 3.63) is 62.0 Å². The second-order valence-corrected chi connectivity index (χ2v) is 8.19. The molecule has 122 valence electrons. The third-order valence-corrected chi connectivity index (χ3v) is 6.14. The van der Waals surface area contributed by atoms with E-state index in [1.165, 1.54) is 21.0 Å². The maximum Gasteiger partial charge on any atom is 0.162 e. The molecule has 0 saturated carbocycles. The Labute approximate surface area is 153 Å². The zero-order valence-corrected chi connectivity index (χ0v) is 16.4. The topological polar surface area (TPSA) is 43.1 Å². The van der Waals surface area contributed by atoms with Crippen LogP contribution in [0.15, 0.2) is 33.7 Å². The number of thiophene rings is 1. The molecule has 0 unspecified atom stereocenters. The number of benzene rings is 1. The van der Waals surface area contributed by atoms with Crippen LogP contribution in [0.3, 0.4) is 0 Å². The van der Waals surface area contributed by atoms with Crippen LogP contribution in [-0.2, 0) is 0 Å². The van der Waals surface area contributed by atoms with Crippen molar-refractivity contribution in [2.24, 2.45) is 4.99 Å². The minimum Gasteiger partial charge on any atom is -0.273 e. The summed E-state index contributed by atoms with van der Waals surface area (Å²) in [6, 6.07) is 8.29. The molecule has 3 heterocycles. The number of fused-ring (bicyclic) bond motifs is 3. The summed E-state index contributed by atoms with van der Waals surface area (Å²) in [5.74, 6) is 1.81. The van der Waals surface area contributed by atoms with Gasteiger partial charge in [0.25, 0.3) is 0 Å². The molecule has 0 bridgehead atoms. The van der Waals surface area contributed by atoms with Gasteiger partial charge in [0.05, 0.1) is 5.71 Å². The maximum absolute atomic E-state index is 5.04. The Bertz CT molecular complexity index is 983. The van der Waals surface area contributed by atoms with Gasteiger partial charge in [-0.15, -0.1) is 21.5 Å². The highest BCUT2D eigenvalue weighted by Crippen LogP contribution is 2.38. The van der Waals surface area contributed by atoms with Gasteiger partial charge in [-0.1, -0.05) is 28.1 Å². The molecule has 4 rings (SSSR count). The maximum atomic E-state index is 5.04. The van der Waals surface area contributed by atoms with Gasteiger partial charge in [0.1, 0.15) is 16.9 Å². The molecule has 1 aliphatic rings. The fraction of sp³-hybridized carbons (Fsp3) is 0.278. The van der Waals surface area contributed by atoms with Crippen molar-refractivity contribution in [1.29, 1.82) is 0 Å². The molecule has 0 spiro atoms. The van der Waals surface area contributed by atoms with E-state index in [1.807, 2.05) is 13.0 Å². The molecule has 4 nitrogen and oxygen atoms in total. The summed E-state index contributed by atoms with van der Waals surface area (Å²) in [6.45, 7) is 8.42. The lowest BCUT2D eigenvalue weighted by Crippen LogP contribution is -2.07. The van der Waals surface area contributed by atoms with E-state index >= 15 is 0 Å². The number of aliphatic imine (C=N–C) groups is 1. The van der Waals surface area contributed by atoms with E-state index in [1.54, 1.807) is 11.3 Å². The zero-order valence-electron chi connectivity index (χ0n) is 14.0. The first-order valence-corrected chi connectivity index (χ1v) is 9.44. The van der Waals surface area contributed by atoms with E-state index in [2.05, 4.69) is 69.7 Å². The summed E-state index contributed by atoms with van der Waals surface area (Å²) in [5.41, 5.74) is 4.63. The minimum absolute atomic E-state index is 0.0421. The van der Waals surface area contributed by atoms with Gasteiger partial charge in [-0.25, -0.2) is 0 Å². The van der Waals surface area contributed by atoms with Gasteiger partial charge in [0.15, 0.2) is 5.82 Å². The summed E-state index contributed by atoms with van der Waals surface area (Å²) in [7, 11) is 0. The molecule has 0 amide bonds. The number of halogens is 1. The van der Waals surface area contributed by atoms with Crippen molar-refractivity contribution in [1.82, 2.24) is 14.8 Å². The zero-order chi connectivity index (χ0) is 17.0. The van der Waals surface area contributed by atoms with Crippen molar-refractivity contribution in [3.8, 4) is 5.00 Å². The number of aryl methyl sites for hydroxylation is 2. The molecule has 3 aromatic rings. The Balaban J connectivity index is 2.07. The number of rotatable bonds is 1. The van der Waals surface area contributed by atoms with Crippen LogP contribution in [0.5, 0.6) is 0 Å². The molecular weight excluding hydrogens is 384 g/mol. The first kappa shape index (κ1) is 15.7. The second-order valence-electron chi connectivity index (χ2n) is 6.07.